The number of nitrogens with zero attached hydrogens (tertiary/aromatic N) is 3. The van der Waals surface area contributed by atoms with Crippen LogP contribution in [0.15, 0.2) is 10.2 Å². The molecule has 0 aliphatic carbocycles. The second-order valence-corrected chi connectivity index (χ2v) is 10.6. The molecule has 0 amide bonds. The molecule has 2 aromatic rings. The van der Waals surface area contributed by atoms with Crippen LogP contribution in [0, 0.1) is 0 Å². The molecule has 0 N–H and O–H groups in total. The quantitative estimate of drug-likeness (QED) is 0.292. The highest BCUT2D eigenvalue weighted by Gasteiger charge is 2.31. The second-order valence-electron chi connectivity index (χ2n) is 7.16. The Morgan fingerprint density at radius 1 is 1.24 bits per heavy atom. The van der Waals surface area contributed by atoms with E-state index >= 15 is 0 Å². The van der Waals surface area contributed by atoms with E-state index in [2.05, 4.69) is 39.8 Å². The van der Waals surface area contributed by atoms with Crippen molar-refractivity contribution in [3.8, 4) is 0 Å². The van der Waals surface area contributed by atoms with Crippen LogP contribution in [0.2, 0.25) is 0 Å². The molecule has 0 bridgehead atoms. The van der Waals surface area contributed by atoms with E-state index < -0.39 is 0 Å². The minimum absolute atomic E-state index is 0.106. The van der Waals surface area contributed by atoms with Gasteiger partial charge < -0.3 is 9.64 Å². The van der Waals surface area contributed by atoms with Crippen molar-refractivity contribution < 1.29 is 4.74 Å². The van der Waals surface area contributed by atoms with E-state index in [9.17, 15) is 0 Å². The maximum absolute atomic E-state index is 6.01. The van der Waals surface area contributed by atoms with Gasteiger partial charge in [-0.05, 0) is 52.2 Å². The van der Waals surface area contributed by atoms with Crippen molar-refractivity contribution in [2.45, 2.75) is 56.0 Å². The van der Waals surface area contributed by atoms with Crippen LogP contribution in [-0.2, 0) is 17.8 Å². The number of ether oxygens (including phenoxy) is 1. The van der Waals surface area contributed by atoms with Gasteiger partial charge in [-0.1, -0.05) is 18.7 Å². The Kier molecular flexibility index (Phi) is 6.31. The van der Waals surface area contributed by atoms with Crippen LogP contribution < -0.4 is 0 Å². The number of hydrogen-bond acceptors (Lipinski definition) is 7. The monoisotopic (exact) mass is 397 g/mol. The van der Waals surface area contributed by atoms with E-state index in [0.29, 0.717) is 6.61 Å². The average molecular weight is 398 g/mol. The Hall–Kier alpha value is -0.340. The first-order valence-corrected chi connectivity index (χ1v) is 11.5. The molecule has 0 aromatic carbocycles. The zero-order valence-corrected chi connectivity index (χ0v) is 18.2. The minimum atomic E-state index is -0.106. The predicted molar refractivity (Wildman–Crippen MR) is 110 cm³/mol. The van der Waals surface area contributed by atoms with Crippen LogP contribution in [0.4, 0.5) is 0 Å². The van der Waals surface area contributed by atoms with Gasteiger partial charge in [0.05, 0.1) is 12.2 Å². The van der Waals surface area contributed by atoms with Gasteiger partial charge in [0.25, 0.3) is 0 Å². The van der Waals surface area contributed by atoms with Gasteiger partial charge in [0.2, 0.25) is 0 Å². The maximum Gasteiger partial charge on any atom is 0.189 e. The summed E-state index contributed by atoms with van der Waals surface area (Å²) in [5, 5.41) is 3.35. The minimum Gasteiger partial charge on any atom is -0.370 e. The number of fused-ring (bicyclic) bond motifs is 3. The standard InChI is InChI=1S/C18H27N3OS3/c1-6-23-17-19-15(24-9-7-8-21(4)5)14-12-10-18(2,3)22-11-13(12)25-16(14)20-17/h6-11H2,1-5H3. The highest BCUT2D eigenvalue weighted by molar-refractivity contribution is 8.00. The van der Waals surface area contributed by atoms with Crippen molar-refractivity contribution in [1.29, 1.82) is 0 Å². The maximum atomic E-state index is 6.01. The zero-order valence-electron chi connectivity index (χ0n) is 15.7. The van der Waals surface area contributed by atoms with E-state index in [1.54, 1.807) is 23.1 Å². The molecular formula is C18H27N3OS3. The molecule has 0 saturated carbocycles. The fourth-order valence-corrected chi connectivity index (χ4v) is 5.78. The van der Waals surface area contributed by atoms with Crippen molar-refractivity contribution in [1.82, 2.24) is 14.9 Å². The summed E-state index contributed by atoms with van der Waals surface area (Å²) in [6.45, 7) is 8.31. The van der Waals surface area contributed by atoms with Gasteiger partial charge in [0, 0.05) is 22.4 Å². The number of hydrogen-bond donors (Lipinski definition) is 0. The fourth-order valence-electron chi connectivity index (χ4n) is 2.94. The van der Waals surface area contributed by atoms with Gasteiger partial charge in [-0.15, -0.1) is 23.1 Å². The van der Waals surface area contributed by atoms with Crippen molar-refractivity contribution in [2.24, 2.45) is 0 Å². The Balaban J connectivity index is 1.95. The molecule has 2 aromatic heterocycles. The molecule has 25 heavy (non-hydrogen) atoms. The molecule has 0 spiro atoms. The second kappa shape index (κ2) is 8.13. The summed E-state index contributed by atoms with van der Waals surface area (Å²) in [4.78, 5) is 14.4. The van der Waals surface area contributed by atoms with Crippen LogP contribution in [0.5, 0.6) is 0 Å². The van der Waals surface area contributed by atoms with Crippen molar-refractivity contribution in [3.05, 3.63) is 10.4 Å². The highest BCUT2D eigenvalue weighted by atomic mass is 32.2. The first kappa shape index (κ1) is 19.4. The van der Waals surface area contributed by atoms with Gasteiger partial charge in [-0.3, -0.25) is 0 Å². The molecule has 0 atom stereocenters. The first-order valence-electron chi connectivity index (χ1n) is 8.76. The molecule has 3 rings (SSSR count). The summed E-state index contributed by atoms with van der Waals surface area (Å²) in [7, 11) is 4.25. The summed E-state index contributed by atoms with van der Waals surface area (Å²) < 4.78 is 6.01. The Morgan fingerprint density at radius 3 is 2.76 bits per heavy atom. The van der Waals surface area contributed by atoms with Gasteiger partial charge in [0.1, 0.15) is 9.86 Å². The summed E-state index contributed by atoms with van der Waals surface area (Å²) in [6, 6.07) is 0. The molecule has 0 radical (unpaired) electrons. The van der Waals surface area contributed by atoms with E-state index in [1.807, 2.05) is 11.8 Å². The topological polar surface area (TPSA) is 38.2 Å². The number of aromatic nitrogens is 2. The molecule has 7 heteroatoms. The molecule has 0 unspecified atom stereocenters. The van der Waals surface area contributed by atoms with Gasteiger partial charge >= 0.3 is 0 Å². The Morgan fingerprint density at radius 2 is 2.04 bits per heavy atom. The van der Waals surface area contributed by atoms with Crippen LogP contribution in [0.1, 0.15) is 37.6 Å². The molecule has 0 fully saturated rings. The van der Waals surface area contributed by atoms with Crippen molar-refractivity contribution in [3.63, 3.8) is 0 Å². The molecule has 0 saturated heterocycles. The number of thiophene rings is 1. The molecule has 1 aliphatic rings. The Labute approximate surface area is 163 Å². The number of thioether (sulfide) groups is 2. The fraction of sp³-hybridized carbons (Fsp3) is 0.667. The smallest absolute Gasteiger partial charge is 0.189 e. The lowest BCUT2D eigenvalue weighted by atomic mass is 9.95. The van der Waals surface area contributed by atoms with Gasteiger partial charge in [-0.25, -0.2) is 9.97 Å². The normalized spacial score (nSPS) is 16.6. The average Bonchev–Trinajstić information content (AvgIpc) is 2.88. The van der Waals surface area contributed by atoms with E-state index in [4.69, 9.17) is 14.7 Å². The van der Waals surface area contributed by atoms with Crippen LogP contribution >= 0.6 is 34.9 Å². The first-order chi connectivity index (χ1) is 11.9. The predicted octanol–water partition coefficient (Wildman–Crippen LogP) is 4.70. The highest BCUT2D eigenvalue weighted by Crippen LogP contribution is 2.42. The zero-order chi connectivity index (χ0) is 18.0. The van der Waals surface area contributed by atoms with Crippen LogP contribution in [0.25, 0.3) is 10.2 Å². The SMILES string of the molecule is CCSc1nc(SCCCN(C)C)c2c3c(sc2n1)COC(C)(C)C3. The third kappa shape index (κ3) is 4.69. The lowest BCUT2D eigenvalue weighted by molar-refractivity contribution is -0.0379. The summed E-state index contributed by atoms with van der Waals surface area (Å²) in [5.74, 6) is 2.09. The molecular weight excluding hydrogens is 370 g/mol. The summed E-state index contributed by atoms with van der Waals surface area (Å²) >= 11 is 5.40. The molecule has 1 aliphatic heterocycles. The van der Waals surface area contributed by atoms with E-state index in [0.717, 1.165) is 39.5 Å². The van der Waals surface area contributed by atoms with Crippen molar-refractivity contribution in [2.75, 3.05) is 32.1 Å². The third-order valence-electron chi connectivity index (χ3n) is 4.14. The lowest BCUT2D eigenvalue weighted by Crippen LogP contribution is -2.31. The molecule has 4 nitrogen and oxygen atoms in total. The van der Waals surface area contributed by atoms with Crippen LogP contribution in [-0.4, -0.2) is 52.6 Å². The van der Waals surface area contributed by atoms with Crippen molar-refractivity contribution >= 4 is 45.1 Å². The van der Waals surface area contributed by atoms with Gasteiger partial charge in [0.15, 0.2) is 5.16 Å². The lowest BCUT2D eigenvalue weighted by Gasteiger charge is -2.30. The van der Waals surface area contributed by atoms with E-state index in [-0.39, 0.29) is 5.60 Å². The third-order valence-corrected chi connectivity index (χ3v) is 7.03. The molecule has 138 valence electrons. The summed E-state index contributed by atoms with van der Waals surface area (Å²) in [6.07, 6.45) is 2.11. The largest absolute Gasteiger partial charge is 0.370 e. The number of rotatable bonds is 7. The van der Waals surface area contributed by atoms with E-state index in [1.165, 1.54) is 22.2 Å². The van der Waals surface area contributed by atoms with Gasteiger partial charge in [-0.2, -0.15) is 0 Å². The summed E-state index contributed by atoms with van der Waals surface area (Å²) in [5.41, 5.74) is 1.31. The van der Waals surface area contributed by atoms with Crippen LogP contribution in [0.3, 0.4) is 0 Å². The molecule has 3 heterocycles. The Bertz CT molecular complexity index is 743.